The third kappa shape index (κ3) is 4.51. The zero-order valence-electron chi connectivity index (χ0n) is 12.9. The summed E-state index contributed by atoms with van der Waals surface area (Å²) in [6.07, 6.45) is 0. The van der Waals surface area contributed by atoms with Crippen molar-refractivity contribution >= 4 is 17.4 Å². The summed E-state index contributed by atoms with van der Waals surface area (Å²) in [6, 6.07) is 7.31. The van der Waals surface area contributed by atoms with Crippen LogP contribution in [0.2, 0.25) is 0 Å². The minimum Gasteiger partial charge on any atom is -0.370 e. The van der Waals surface area contributed by atoms with E-state index in [0.717, 1.165) is 6.54 Å². The van der Waals surface area contributed by atoms with Crippen LogP contribution < -0.4 is 10.6 Å². The Morgan fingerprint density at radius 3 is 2.73 bits per heavy atom. The van der Waals surface area contributed by atoms with E-state index in [1.807, 2.05) is 0 Å². The van der Waals surface area contributed by atoms with E-state index in [2.05, 4.69) is 34.4 Å². The van der Waals surface area contributed by atoms with Gasteiger partial charge in [0.25, 0.3) is 5.91 Å². The van der Waals surface area contributed by atoms with Gasteiger partial charge in [-0.25, -0.2) is 14.4 Å². The third-order valence-corrected chi connectivity index (χ3v) is 2.84. The van der Waals surface area contributed by atoms with Gasteiger partial charge in [-0.2, -0.15) is 0 Å². The van der Waals surface area contributed by atoms with Crippen LogP contribution in [-0.2, 0) is 0 Å². The predicted octanol–water partition coefficient (Wildman–Crippen LogP) is 3.24. The van der Waals surface area contributed by atoms with Crippen LogP contribution in [0.3, 0.4) is 0 Å². The van der Waals surface area contributed by atoms with Crippen LogP contribution in [0.5, 0.6) is 0 Å². The van der Waals surface area contributed by atoms with E-state index in [9.17, 15) is 9.18 Å². The number of rotatable bonds is 5. The minimum absolute atomic E-state index is 0.239. The first-order valence-electron chi connectivity index (χ1n) is 7.10. The van der Waals surface area contributed by atoms with Gasteiger partial charge in [-0.1, -0.05) is 19.9 Å². The lowest BCUT2D eigenvalue weighted by Gasteiger charge is -2.10. The number of nitrogens with zero attached hydrogens (tertiary/aromatic N) is 2. The Hall–Kier alpha value is -2.50. The molecule has 0 unspecified atom stereocenters. The molecule has 0 spiro atoms. The van der Waals surface area contributed by atoms with Crippen molar-refractivity contribution in [3.63, 3.8) is 0 Å². The van der Waals surface area contributed by atoms with Gasteiger partial charge in [0.2, 0.25) is 0 Å². The topological polar surface area (TPSA) is 66.9 Å². The van der Waals surface area contributed by atoms with Crippen molar-refractivity contribution < 1.29 is 9.18 Å². The van der Waals surface area contributed by atoms with Crippen LogP contribution >= 0.6 is 0 Å². The number of anilines is 2. The molecule has 0 saturated heterocycles. The molecule has 0 fully saturated rings. The molecular formula is C16H19FN4O. The van der Waals surface area contributed by atoms with Gasteiger partial charge in [0.05, 0.1) is 0 Å². The molecule has 6 heteroatoms. The van der Waals surface area contributed by atoms with Gasteiger partial charge in [0, 0.05) is 18.3 Å². The third-order valence-electron chi connectivity index (χ3n) is 2.84. The number of hydrogen-bond acceptors (Lipinski definition) is 4. The molecule has 2 aromatic rings. The number of aryl methyl sites for hydroxylation is 1. The van der Waals surface area contributed by atoms with Gasteiger partial charge in [-0.3, -0.25) is 4.79 Å². The van der Waals surface area contributed by atoms with Crippen molar-refractivity contribution in [1.82, 2.24) is 9.97 Å². The molecule has 5 nitrogen and oxygen atoms in total. The number of carbonyl (C=O) groups excluding carboxylic acids is 1. The Labute approximate surface area is 129 Å². The lowest BCUT2D eigenvalue weighted by atomic mass is 10.2. The number of benzene rings is 1. The maximum Gasteiger partial charge on any atom is 0.274 e. The van der Waals surface area contributed by atoms with E-state index >= 15 is 0 Å². The van der Waals surface area contributed by atoms with Crippen molar-refractivity contribution in [2.45, 2.75) is 20.8 Å². The smallest absolute Gasteiger partial charge is 0.274 e. The molecule has 0 saturated carbocycles. The molecule has 0 aliphatic heterocycles. The maximum absolute atomic E-state index is 13.1. The summed E-state index contributed by atoms with van der Waals surface area (Å²) in [4.78, 5) is 20.6. The fourth-order valence-electron chi connectivity index (χ4n) is 1.84. The quantitative estimate of drug-likeness (QED) is 0.889. The summed E-state index contributed by atoms with van der Waals surface area (Å²) >= 11 is 0. The second kappa shape index (κ2) is 6.98. The summed E-state index contributed by atoms with van der Waals surface area (Å²) < 4.78 is 13.1. The Kier molecular flexibility index (Phi) is 5.04. The highest BCUT2D eigenvalue weighted by molar-refractivity contribution is 6.03. The summed E-state index contributed by atoms with van der Waals surface area (Å²) in [5.74, 6) is 0.753. The molecule has 2 N–H and O–H groups in total. The molecule has 1 aromatic carbocycles. The lowest BCUT2D eigenvalue weighted by molar-refractivity contribution is 0.102. The number of carbonyl (C=O) groups is 1. The number of hydrogen-bond donors (Lipinski definition) is 2. The average Bonchev–Trinajstić information content (AvgIpc) is 2.44. The Morgan fingerprint density at radius 1 is 1.27 bits per heavy atom. The SMILES string of the molecule is Cc1nc(NCC(C)C)cc(C(=O)Nc2cccc(F)c2)n1. The van der Waals surface area contributed by atoms with E-state index in [0.29, 0.717) is 23.2 Å². The summed E-state index contributed by atoms with van der Waals surface area (Å²) in [7, 11) is 0. The van der Waals surface area contributed by atoms with Crippen molar-refractivity contribution in [2.75, 3.05) is 17.2 Å². The largest absolute Gasteiger partial charge is 0.370 e. The molecule has 0 radical (unpaired) electrons. The van der Waals surface area contributed by atoms with Crippen LogP contribution in [0.25, 0.3) is 0 Å². The van der Waals surface area contributed by atoms with Gasteiger partial charge in [-0.15, -0.1) is 0 Å². The monoisotopic (exact) mass is 302 g/mol. The van der Waals surface area contributed by atoms with Crippen LogP contribution in [-0.4, -0.2) is 22.4 Å². The van der Waals surface area contributed by atoms with Crippen molar-refractivity contribution in [3.05, 3.63) is 47.7 Å². The first kappa shape index (κ1) is 15.9. The predicted molar refractivity (Wildman–Crippen MR) is 84.4 cm³/mol. The number of nitrogens with one attached hydrogen (secondary N) is 2. The second-order valence-corrected chi connectivity index (χ2v) is 5.42. The molecular weight excluding hydrogens is 283 g/mol. The van der Waals surface area contributed by atoms with Gasteiger partial charge in [0.1, 0.15) is 23.2 Å². The minimum atomic E-state index is -0.407. The summed E-state index contributed by atoms with van der Waals surface area (Å²) in [5.41, 5.74) is 0.626. The highest BCUT2D eigenvalue weighted by Gasteiger charge is 2.11. The molecule has 2 rings (SSSR count). The Balaban J connectivity index is 2.15. The van der Waals surface area contributed by atoms with E-state index < -0.39 is 11.7 Å². The van der Waals surface area contributed by atoms with Crippen LogP contribution in [0.1, 0.15) is 30.2 Å². The normalized spacial score (nSPS) is 10.6. The molecule has 22 heavy (non-hydrogen) atoms. The molecule has 116 valence electrons. The van der Waals surface area contributed by atoms with Crippen molar-refractivity contribution in [3.8, 4) is 0 Å². The van der Waals surface area contributed by atoms with Crippen LogP contribution in [0, 0.1) is 18.7 Å². The van der Waals surface area contributed by atoms with E-state index in [4.69, 9.17) is 0 Å². The molecule has 0 atom stereocenters. The highest BCUT2D eigenvalue weighted by atomic mass is 19.1. The fraction of sp³-hybridized carbons (Fsp3) is 0.312. The summed E-state index contributed by atoms with van der Waals surface area (Å²) in [6.45, 7) is 6.64. The van der Waals surface area contributed by atoms with Gasteiger partial charge in [-0.05, 0) is 31.0 Å². The maximum atomic E-state index is 13.1. The van der Waals surface area contributed by atoms with Gasteiger partial charge >= 0.3 is 0 Å². The van der Waals surface area contributed by atoms with E-state index in [1.165, 1.54) is 18.2 Å². The number of amides is 1. The van der Waals surface area contributed by atoms with Crippen molar-refractivity contribution in [2.24, 2.45) is 5.92 Å². The zero-order valence-corrected chi connectivity index (χ0v) is 12.9. The molecule has 0 bridgehead atoms. The Bertz CT molecular complexity index is 673. The van der Waals surface area contributed by atoms with Crippen LogP contribution in [0.15, 0.2) is 30.3 Å². The van der Waals surface area contributed by atoms with Gasteiger partial charge < -0.3 is 10.6 Å². The molecule has 1 aromatic heterocycles. The van der Waals surface area contributed by atoms with Crippen LogP contribution in [0.4, 0.5) is 15.9 Å². The second-order valence-electron chi connectivity index (χ2n) is 5.42. The number of aromatic nitrogens is 2. The molecule has 1 heterocycles. The standard InChI is InChI=1S/C16H19FN4O/c1-10(2)9-18-15-8-14(19-11(3)20-15)16(22)21-13-6-4-5-12(17)7-13/h4-8,10H,9H2,1-3H3,(H,21,22)(H,18,19,20). The van der Waals surface area contributed by atoms with Crippen molar-refractivity contribution in [1.29, 1.82) is 0 Å². The first-order chi connectivity index (χ1) is 10.4. The highest BCUT2D eigenvalue weighted by Crippen LogP contribution is 2.13. The molecule has 1 amide bonds. The van der Waals surface area contributed by atoms with E-state index in [1.54, 1.807) is 19.1 Å². The number of halogens is 1. The molecule has 0 aliphatic rings. The fourth-order valence-corrected chi connectivity index (χ4v) is 1.84. The Morgan fingerprint density at radius 2 is 2.05 bits per heavy atom. The van der Waals surface area contributed by atoms with Gasteiger partial charge in [0.15, 0.2) is 0 Å². The average molecular weight is 302 g/mol. The zero-order chi connectivity index (χ0) is 16.1. The summed E-state index contributed by atoms with van der Waals surface area (Å²) in [5, 5.41) is 5.78. The molecule has 0 aliphatic carbocycles. The van der Waals surface area contributed by atoms with E-state index in [-0.39, 0.29) is 5.69 Å². The lowest BCUT2D eigenvalue weighted by Crippen LogP contribution is -2.17. The first-order valence-corrected chi connectivity index (χ1v) is 7.10.